The van der Waals surface area contributed by atoms with E-state index >= 15 is 0 Å². The fourth-order valence-corrected chi connectivity index (χ4v) is 2.17. The molecule has 0 aromatic carbocycles. The molecule has 0 amide bonds. The van der Waals surface area contributed by atoms with Crippen LogP contribution in [0.2, 0.25) is 0 Å². The number of aromatic carboxylic acids is 1. The fourth-order valence-electron chi connectivity index (χ4n) is 2.17. The second-order valence-electron chi connectivity index (χ2n) is 4.81. The van der Waals surface area contributed by atoms with Crippen LogP contribution in [-0.4, -0.2) is 34.0 Å². The van der Waals surface area contributed by atoms with E-state index in [1.54, 1.807) is 12.3 Å². The van der Waals surface area contributed by atoms with Crippen molar-refractivity contribution in [3.63, 3.8) is 0 Å². The van der Waals surface area contributed by atoms with Crippen LogP contribution in [0, 0.1) is 5.92 Å². The van der Waals surface area contributed by atoms with Gasteiger partial charge in [-0.25, -0.2) is 9.78 Å². The molecule has 92 valence electrons. The average molecular weight is 234 g/mol. The predicted octanol–water partition coefficient (Wildman–Crippen LogP) is 2.01. The summed E-state index contributed by atoms with van der Waals surface area (Å²) in [7, 11) is 0. The molecule has 0 saturated carbocycles. The number of aromatic nitrogens is 1. The smallest absolute Gasteiger partial charge is 0.354 e. The number of nitrogens with zero attached hydrogens (tertiary/aromatic N) is 2. The van der Waals surface area contributed by atoms with Gasteiger partial charge in [-0.1, -0.05) is 6.92 Å². The van der Waals surface area contributed by atoms with E-state index in [1.807, 2.05) is 6.07 Å². The van der Waals surface area contributed by atoms with Crippen LogP contribution in [0.1, 0.15) is 35.8 Å². The minimum absolute atomic E-state index is 0.132. The van der Waals surface area contributed by atoms with Crippen LogP contribution in [0.3, 0.4) is 0 Å². The Morgan fingerprint density at radius 3 is 2.88 bits per heavy atom. The molecule has 0 bridgehead atoms. The van der Waals surface area contributed by atoms with Gasteiger partial charge in [-0.3, -0.25) is 4.90 Å². The van der Waals surface area contributed by atoms with E-state index < -0.39 is 5.97 Å². The third-order valence-corrected chi connectivity index (χ3v) is 3.33. The van der Waals surface area contributed by atoms with Crippen molar-refractivity contribution in [3.05, 3.63) is 29.6 Å². The number of pyridine rings is 1. The topological polar surface area (TPSA) is 53.4 Å². The third-order valence-electron chi connectivity index (χ3n) is 3.33. The van der Waals surface area contributed by atoms with Crippen LogP contribution in [0.5, 0.6) is 0 Å². The van der Waals surface area contributed by atoms with Crippen molar-refractivity contribution >= 4 is 5.97 Å². The molecule has 1 aromatic rings. The first kappa shape index (κ1) is 12.0. The zero-order valence-electron chi connectivity index (χ0n) is 10.1. The van der Waals surface area contributed by atoms with E-state index in [4.69, 9.17) is 5.11 Å². The summed E-state index contributed by atoms with van der Waals surface area (Å²) < 4.78 is 0. The number of carboxylic acid groups (broad SMARTS) is 1. The van der Waals surface area contributed by atoms with Gasteiger partial charge in [0.25, 0.3) is 0 Å². The minimum Gasteiger partial charge on any atom is -0.477 e. The molecule has 2 rings (SSSR count). The molecule has 1 N–H and O–H groups in total. The van der Waals surface area contributed by atoms with Gasteiger partial charge in [-0.05, 0) is 49.5 Å². The maximum Gasteiger partial charge on any atom is 0.354 e. The van der Waals surface area contributed by atoms with E-state index in [0.717, 1.165) is 31.1 Å². The molecule has 4 nitrogen and oxygen atoms in total. The number of hydrogen-bond acceptors (Lipinski definition) is 3. The molecule has 0 unspecified atom stereocenters. The van der Waals surface area contributed by atoms with Gasteiger partial charge in [0.1, 0.15) is 5.69 Å². The molecule has 1 saturated heterocycles. The van der Waals surface area contributed by atoms with E-state index in [0.29, 0.717) is 0 Å². The molecule has 1 aromatic heterocycles. The first-order chi connectivity index (χ1) is 8.15. The molecule has 0 spiro atoms. The lowest BCUT2D eigenvalue weighted by Crippen LogP contribution is -2.32. The lowest BCUT2D eigenvalue weighted by Gasteiger charge is -2.30. The number of likely N-dealkylation sites (tertiary alicyclic amines) is 1. The predicted molar refractivity (Wildman–Crippen MR) is 64.9 cm³/mol. The average Bonchev–Trinajstić information content (AvgIpc) is 2.32. The maximum atomic E-state index is 10.8. The van der Waals surface area contributed by atoms with Crippen molar-refractivity contribution < 1.29 is 9.90 Å². The number of carboxylic acids is 1. The molecular formula is C13H18N2O2. The van der Waals surface area contributed by atoms with Crippen molar-refractivity contribution in [2.75, 3.05) is 13.1 Å². The highest BCUT2D eigenvalue weighted by molar-refractivity contribution is 5.85. The highest BCUT2D eigenvalue weighted by atomic mass is 16.4. The Morgan fingerprint density at radius 1 is 1.53 bits per heavy atom. The van der Waals surface area contributed by atoms with E-state index in [2.05, 4.69) is 16.8 Å². The summed E-state index contributed by atoms with van der Waals surface area (Å²) in [6, 6.07) is 3.56. The first-order valence-electron chi connectivity index (χ1n) is 6.05. The van der Waals surface area contributed by atoms with Crippen LogP contribution >= 0.6 is 0 Å². The largest absolute Gasteiger partial charge is 0.477 e. The summed E-state index contributed by atoms with van der Waals surface area (Å²) in [5, 5.41) is 8.87. The minimum atomic E-state index is -0.959. The van der Waals surface area contributed by atoms with Crippen LogP contribution in [-0.2, 0) is 6.54 Å². The van der Waals surface area contributed by atoms with Crippen molar-refractivity contribution in [2.45, 2.75) is 26.3 Å². The lowest BCUT2D eigenvalue weighted by atomic mass is 9.99. The Kier molecular flexibility index (Phi) is 3.74. The molecule has 17 heavy (non-hydrogen) atoms. The Labute approximate surface area is 101 Å². The van der Waals surface area contributed by atoms with Gasteiger partial charge in [-0.2, -0.15) is 0 Å². The Balaban J connectivity index is 1.98. The monoisotopic (exact) mass is 234 g/mol. The van der Waals surface area contributed by atoms with Crippen molar-refractivity contribution in [2.24, 2.45) is 5.92 Å². The molecule has 0 atom stereocenters. The molecule has 1 aliphatic rings. The number of piperidine rings is 1. The number of rotatable bonds is 3. The fraction of sp³-hybridized carbons (Fsp3) is 0.538. The number of carbonyl (C=O) groups is 1. The van der Waals surface area contributed by atoms with Crippen LogP contribution in [0.15, 0.2) is 18.3 Å². The molecule has 2 heterocycles. The summed E-state index contributed by atoms with van der Waals surface area (Å²) >= 11 is 0. The molecule has 0 radical (unpaired) electrons. The van der Waals surface area contributed by atoms with Gasteiger partial charge < -0.3 is 5.11 Å². The summed E-state index contributed by atoms with van der Waals surface area (Å²) in [5.74, 6) is -0.141. The summed E-state index contributed by atoms with van der Waals surface area (Å²) in [6.45, 7) is 5.32. The van der Waals surface area contributed by atoms with Crippen LogP contribution < -0.4 is 0 Å². The van der Waals surface area contributed by atoms with Crippen molar-refractivity contribution in [1.82, 2.24) is 9.88 Å². The highest BCUT2D eigenvalue weighted by Crippen LogP contribution is 2.18. The molecule has 4 heteroatoms. The second kappa shape index (κ2) is 5.27. The molecular weight excluding hydrogens is 216 g/mol. The Hall–Kier alpha value is -1.42. The summed E-state index contributed by atoms with van der Waals surface area (Å²) in [4.78, 5) is 17.0. The summed E-state index contributed by atoms with van der Waals surface area (Å²) in [6.07, 6.45) is 4.04. The summed E-state index contributed by atoms with van der Waals surface area (Å²) in [5.41, 5.74) is 1.17. The van der Waals surface area contributed by atoms with Crippen LogP contribution in [0.25, 0.3) is 0 Å². The van der Waals surface area contributed by atoms with Gasteiger partial charge in [0.15, 0.2) is 0 Å². The van der Waals surface area contributed by atoms with Gasteiger partial charge in [-0.15, -0.1) is 0 Å². The van der Waals surface area contributed by atoms with Crippen LogP contribution in [0.4, 0.5) is 0 Å². The van der Waals surface area contributed by atoms with Crippen molar-refractivity contribution in [3.8, 4) is 0 Å². The molecule has 1 aliphatic heterocycles. The highest BCUT2D eigenvalue weighted by Gasteiger charge is 2.16. The molecule has 1 fully saturated rings. The van der Waals surface area contributed by atoms with E-state index in [9.17, 15) is 4.79 Å². The van der Waals surface area contributed by atoms with Gasteiger partial charge in [0.05, 0.1) is 0 Å². The first-order valence-corrected chi connectivity index (χ1v) is 6.05. The van der Waals surface area contributed by atoms with Gasteiger partial charge in [0.2, 0.25) is 0 Å². The normalized spacial score (nSPS) is 18.2. The van der Waals surface area contributed by atoms with Crippen molar-refractivity contribution in [1.29, 1.82) is 0 Å². The van der Waals surface area contributed by atoms with Gasteiger partial charge in [0, 0.05) is 12.7 Å². The zero-order chi connectivity index (χ0) is 12.3. The Bertz CT molecular complexity index is 398. The third kappa shape index (κ3) is 3.27. The van der Waals surface area contributed by atoms with E-state index in [1.165, 1.54) is 12.8 Å². The number of hydrogen-bond donors (Lipinski definition) is 1. The SMILES string of the molecule is CC1CCN(Cc2ccnc(C(=O)O)c2)CC1. The standard InChI is InChI=1S/C13H18N2O2/c1-10-3-6-15(7-4-10)9-11-2-5-14-12(8-11)13(16)17/h2,5,8,10H,3-4,6-7,9H2,1H3,(H,16,17). The quantitative estimate of drug-likeness (QED) is 0.869. The van der Waals surface area contributed by atoms with Gasteiger partial charge >= 0.3 is 5.97 Å². The lowest BCUT2D eigenvalue weighted by molar-refractivity contribution is 0.0690. The van der Waals surface area contributed by atoms with E-state index in [-0.39, 0.29) is 5.69 Å². The zero-order valence-corrected chi connectivity index (χ0v) is 10.1. The maximum absolute atomic E-state index is 10.8. The molecule has 0 aliphatic carbocycles. The Morgan fingerprint density at radius 2 is 2.24 bits per heavy atom. The second-order valence-corrected chi connectivity index (χ2v) is 4.81.